The van der Waals surface area contributed by atoms with Crippen molar-refractivity contribution in [2.75, 3.05) is 6.61 Å². The Morgan fingerprint density at radius 3 is 2.43 bits per heavy atom. The van der Waals surface area contributed by atoms with Gasteiger partial charge in [-0.15, -0.1) is 0 Å². The molecule has 0 fully saturated rings. The SMILES string of the molecule is CCCCCCCC(=O)c1ccc(C)c(OCCCC)c1. The summed E-state index contributed by atoms with van der Waals surface area (Å²) in [4.78, 5) is 12.2. The van der Waals surface area contributed by atoms with E-state index in [2.05, 4.69) is 13.8 Å². The first-order valence-corrected chi connectivity index (χ1v) is 8.45. The number of carbonyl (C=O) groups is 1. The zero-order chi connectivity index (χ0) is 15.5. The number of rotatable bonds is 11. The van der Waals surface area contributed by atoms with Gasteiger partial charge in [-0.2, -0.15) is 0 Å². The number of carbonyl (C=O) groups excluding carboxylic acids is 1. The van der Waals surface area contributed by atoms with Gasteiger partial charge in [-0.25, -0.2) is 0 Å². The minimum Gasteiger partial charge on any atom is -0.493 e. The van der Waals surface area contributed by atoms with Crippen LogP contribution in [-0.4, -0.2) is 12.4 Å². The van der Waals surface area contributed by atoms with Crippen LogP contribution in [0.1, 0.15) is 81.1 Å². The summed E-state index contributed by atoms with van der Waals surface area (Å²) in [5.41, 5.74) is 1.90. The molecule has 21 heavy (non-hydrogen) atoms. The third-order valence-electron chi connectivity index (χ3n) is 3.77. The summed E-state index contributed by atoms with van der Waals surface area (Å²) < 4.78 is 5.77. The van der Waals surface area contributed by atoms with Crippen molar-refractivity contribution in [1.29, 1.82) is 0 Å². The van der Waals surface area contributed by atoms with Crippen LogP contribution >= 0.6 is 0 Å². The fraction of sp³-hybridized carbons (Fsp3) is 0.632. The van der Waals surface area contributed by atoms with Crippen LogP contribution in [0.25, 0.3) is 0 Å². The minimum absolute atomic E-state index is 0.242. The van der Waals surface area contributed by atoms with Crippen LogP contribution in [0.2, 0.25) is 0 Å². The molecule has 0 radical (unpaired) electrons. The van der Waals surface area contributed by atoms with Gasteiger partial charge in [-0.3, -0.25) is 4.79 Å². The molecule has 0 atom stereocenters. The summed E-state index contributed by atoms with van der Waals surface area (Å²) in [5.74, 6) is 1.10. The van der Waals surface area contributed by atoms with E-state index in [4.69, 9.17) is 4.74 Å². The number of Topliss-reactive ketones (excluding diaryl/α,β-unsaturated/α-hetero) is 1. The van der Waals surface area contributed by atoms with Crippen molar-refractivity contribution in [3.63, 3.8) is 0 Å². The van der Waals surface area contributed by atoms with Gasteiger partial charge in [-0.1, -0.05) is 58.1 Å². The van der Waals surface area contributed by atoms with Crippen LogP contribution in [0.3, 0.4) is 0 Å². The lowest BCUT2D eigenvalue weighted by Crippen LogP contribution is -2.03. The Hall–Kier alpha value is -1.31. The number of hydrogen-bond acceptors (Lipinski definition) is 2. The predicted octanol–water partition coefficient (Wildman–Crippen LogP) is 5.72. The van der Waals surface area contributed by atoms with Crippen molar-refractivity contribution >= 4 is 5.78 Å². The molecule has 0 spiro atoms. The molecule has 0 aromatic heterocycles. The van der Waals surface area contributed by atoms with Gasteiger partial charge in [-0.05, 0) is 31.4 Å². The molecular weight excluding hydrogens is 260 g/mol. The van der Waals surface area contributed by atoms with E-state index in [1.54, 1.807) is 0 Å². The summed E-state index contributed by atoms with van der Waals surface area (Å²) in [6.07, 6.45) is 8.73. The van der Waals surface area contributed by atoms with E-state index in [1.165, 1.54) is 19.3 Å². The van der Waals surface area contributed by atoms with Gasteiger partial charge >= 0.3 is 0 Å². The van der Waals surface area contributed by atoms with Crippen LogP contribution < -0.4 is 4.74 Å². The van der Waals surface area contributed by atoms with Crippen LogP contribution in [-0.2, 0) is 0 Å². The van der Waals surface area contributed by atoms with Crippen LogP contribution in [0, 0.1) is 6.92 Å². The molecular formula is C19H30O2. The second-order valence-corrected chi connectivity index (χ2v) is 5.77. The van der Waals surface area contributed by atoms with Crippen molar-refractivity contribution in [2.45, 2.75) is 72.1 Å². The van der Waals surface area contributed by atoms with Crippen molar-refractivity contribution in [3.8, 4) is 5.75 Å². The summed E-state index contributed by atoms with van der Waals surface area (Å²) in [5, 5.41) is 0. The van der Waals surface area contributed by atoms with Gasteiger partial charge < -0.3 is 4.74 Å². The first kappa shape index (κ1) is 17.7. The minimum atomic E-state index is 0.242. The van der Waals surface area contributed by atoms with Gasteiger partial charge in [0, 0.05) is 12.0 Å². The lowest BCUT2D eigenvalue weighted by Gasteiger charge is -2.10. The first-order valence-electron chi connectivity index (χ1n) is 8.45. The molecule has 0 saturated heterocycles. The maximum Gasteiger partial charge on any atom is 0.163 e. The zero-order valence-electron chi connectivity index (χ0n) is 13.9. The first-order chi connectivity index (χ1) is 10.2. The monoisotopic (exact) mass is 290 g/mol. The molecule has 1 aromatic carbocycles. The molecule has 0 aliphatic rings. The van der Waals surface area contributed by atoms with E-state index in [1.807, 2.05) is 25.1 Å². The Labute approximate surface area is 129 Å². The van der Waals surface area contributed by atoms with Crippen LogP contribution in [0.5, 0.6) is 5.75 Å². The standard InChI is InChI=1S/C19H30O2/c1-4-6-8-9-10-11-18(20)17-13-12-16(3)19(15-17)21-14-7-5-2/h12-13,15H,4-11,14H2,1-3H3. The van der Waals surface area contributed by atoms with Crippen molar-refractivity contribution in [2.24, 2.45) is 0 Å². The fourth-order valence-corrected chi connectivity index (χ4v) is 2.29. The van der Waals surface area contributed by atoms with Gasteiger partial charge in [0.15, 0.2) is 5.78 Å². The van der Waals surface area contributed by atoms with E-state index < -0.39 is 0 Å². The van der Waals surface area contributed by atoms with Crippen LogP contribution in [0.15, 0.2) is 18.2 Å². The number of ketones is 1. The van der Waals surface area contributed by atoms with E-state index >= 15 is 0 Å². The number of benzene rings is 1. The lowest BCUT2D eigenvalue weighted by molar-refractivity contribution is 0.0978. The highest BCUT2D eigenvalue weighted by atomic mass is 16.5. The van der Waals surface area contributed by atoms with Gasteiger partial charge in [0.25, 0.3) is 0 Å². The second-order valence-electron chi connectivity index (χ2n) is 5.77. The molecule has 1 rings (SSSR count). The Balaban J connectivity index is 2.49. The third-order valence-corrected chi connectivity index (χ3v) is 3.77. The average Bonchev–Trinajstić information content (AvgIpc) is 2.49. The lowest BCUT2D eigenvalue weighted by atomic mass is 10.0. The summed E-state index contributed by atoms with van der Waals surface area (Å²) in [7, 11) is 0. The molecule has 2 nitrogen and oxygen atoms in total. The van der Waals surface area contributed by atoms with Gasteiger partial charge in [0.05, 0.1) is 6.61 Å². The highest BCUT2D eigenvalue weighted by molar-refractivity contribution is 5.96. The number of unbranched alkanes of at least 4 members (excludes halogenated alkanes) is 5. The molecule has 0 bridgehead atoms. The molecule has 2 heteroatoms. The molecule has 1 aromatic rings. The molecule has 0 amide bonds. The Morgan fingerprint density at radius 2 is 1.71 bits per heavy atom. The second kappa shape index (κ2) is 10.4. The number of aryl methyl sites for hydroxylation is 1. The Morgan fingerprint density at radius 1 is 1.00 bits per heavy atom. The summed E-state index contributed by atoms with van der Waals surface area (Å²) in [6.45, 7) is 7.11. The van der Waals surface area contributed by atoms with Gasteiger partial charge in [0.2, 0.25) is 0 Å². The normalized spacial score (nSPS) is 10.6. The van der Waals surface area contributed by atoms with E-state index in [-0.39, 0.29) is 5.78 Å². The fourth-order valence-electron chi connectivity index (χ4n) is 2.29. The van der Waals surface area contributed by atoms with Crippen molar-refractivity contribution in [3.05, 3.63) is 29.3 Å². The highest BCUT2D eigenvalue weighted by Gasteiger charge is 2.09. The Kier molecular flexibility index (Phi) is 8.80. The zero-order valence-corrected chi connectivity index (χ0v) is 13.9. The predicted molar refractivity (Wildman–Crippen MR) is 89.3 cm³/mol. The highest BCUT2D eigenvalue weighted by Crippen LogP contribution is 2.21. The van der Waals surface area contributed by atoms with E-state index in [0.717, 1.165) is 49.2 Å². The van der Waals surface area contributed by atoms with Crippen LogP contribution in [0.4, 0.5) is 0 Å². The molecule has 0 heterocycles. The molecule has 0 unspecified atom stereocenters. The average molecular weight is 290 g/mol. The molecule has 118 valence electrons. The van der Waals surface area contributed by atoms with E-state index in [0.29, 0.717) is 6.42 Å². The van der Waals surface area contributed by atoms with Crippen molar-refractivity contribution < 1.29 is 9.53 Å². The molecule has 0 saturated carbocycles. The number of hydrogen-bond donors (Lipinski definition) is 0. The van der Waals surface area contributed by atoms with E-state index in [9.17, 15) is 4.79 Å². The quantitative estimate of drug-likeness (QED) is 0.385. The van der Waals surface area contributed by atoms with Gasteiger partial charge in [0.1, 0.15) is 5.75 Å². The molecule has 0 N–H and O–H groups in total. The summed E-state index contributed by atoms with van der Waals surface area (Å²) in [6, 6.07) is 5.83. The smallest absolute Gasteiger partial charge is 0.163 e. The largest absolute Gasteiger partial charge is 0.493 e. The topological polar surface area (TPSA) is 26.3 Å². The molecule has 0 aliphatic heterocycles. The Bertz CT molecular complexity index is 424. The maximum atomic E-state index is 12.2. The maximum absolute atomic E-state index is 12.2. The number of ether oxygens (including phenoxy) is 1. The summed E-state index contributed by atoms with van der Waals surface area (Å²) >= 11 is 0. The molecule has 0 aliphatic carbocycles. The van der Waals surface area contributed by atoms with Crippen molar-refractivity contribution in [1.82, 2.24) is 0 Å². The third kappa shape index (κ3) is 6.79.